The molecule has 3 aromatic rings. The summed E-state index contributed by atoms with van der Waals surface area (Å²) in [4.78, 5) is 40.6. The Labute approximate surface area is 178 Å². The van der Waals surface area contributed by atoms with Crippen LogP contribution in [0.3, 0.4) is 0 Å². The van der Waals surface area contributed by atoms with Crippen LogP contribution in [-0.2, 0) is 14.3 Å². The summed E-state index contributed by atoms with van der Waals surface area (Å²) in [5, 5.41) is 6.70. The molecular formula is C24H21N3O4. The summed E-state index contributed by atoms with van der Waals surface area (Å²) < 4.78 is 5.25. The zero-order valence-corrected chi connectivity index (χ0v) is 16.8. The molecule has 156 valence electrons. The predicted octanol–water partition coefficient (Wildman–Crippen LogP) is 2.74. The lowest BCUT2D eigenvalue weighted by molar-refractivity contribution is -0.139. The van der Waals surface area contributed by atoms with E-state index in [1.807, 2.05) is 48.5 Å². The fraction of sp³-hybridized carbons (Fsp3) is 0.208. The van der Waals surface area contributed by atoms with E-state index in [4.69, 9.17) is 4.74 Å². The van der Waals surface area contributed by atoms with Crippen LogP contribution in [0.5, 0.6) is 0 Å². The predicted molar refractivity (Wildman–Crippen MR) is 117 cm³/mol. The molecule has 7 heteroatoms. The molecule has 1 N–H and O–H groups in total. The van der Waals surface area contributed by atoms with E-state index >= 15 is 0 Å². The molecule has 3 aromatic carbocycles. The number of nitrogens with one attached hydrogen (secondary N) is 1. The molecule has 0 radical (unpaired) electrons. The molecule has 31 heavy (non-hydrogen) atoms. The Morgan fingerprint density at radius 2 is 1.58 bits per heavy atom. The third kappa shape index (κ3) is 3.53. The summed E-state index contributed by atoms with van der Waals surface area (Å²) in [6.45, 7) is 1.58. The SMILES string of the molecule is O=C(CN1C(=O)N/C(=C\c2c3ccccc3cc3ccccc23)C1=O)N1CCOCC1. The van der Waals surface area contributed by atoms with Gasteiger partial charge in [-0.2, -0.15) is 0 Å². The first-order valence-electron chi connectivity index (χ1n) is 10.2. The minimum absolute atomic E-state index is 0.168. The van der Waals surface area contributed by atoms with Crippen LogP contribution in [0.4, 0.5) is 4.79 Å². The van der Waals surface area contributed by atoms with E-state index in [1.54, 1.807) is 11.0 Å². The van der Waals surface area contributed by atoms with Gasteiger partial charge in [0.15, 0.2) is 0 Å². The second-order valence-electron chi connectivity index (χ2n) is 7.61. The zero-order valence-electron chi connectivity index (χ0n) is 16.8. The van der Waals surface area contributed by atoms with E-state index < -0.39 is 11.9 Å². The molecule has 2 heterocycles. The number of ether oxygens (including phenoxy) is 1. The Morgan fingerprint density at radius 3 is 2.23 bits per heavy atom. The van der Waals surface area contributed by atoms with Crippen LogP contribution in [0.1, 0.15) is 5.56 Å². The van der Waals surface area contributed by atoms with Gasteiger partial charge >= 0.3 is 6.03 Å². The van der Waals surface area contributed by atoms with Crippen LogP contribution in [0.25, 0.3) is 27.6 Å². The normalized spacial score (nSPS) is 18.3. The van der Waals surface area contributed by atoms with E-state index in [2.05, 4.69) is 11.4 Å². The molecule has 0 aliphatic carbocycles. The van der Waals surface area contributed by atoms with Gasteiger partial charge in [-0.15, -0.1) is 0 Å². The maximum atomic E-state index is 13.0. The highest BCUT2D eigenvalue weighted by atomic mass is 16.5. The largest absolute Gasteiger partial charge is 0.378 e. The molecule has 2 fully saturated rings. The van der Waals surface area contributed by atoms with Gasteiger partial charge in [0.2, 0.25) is 5.91 Å². The van der Waals surface area contributed by atoms with Crippen LogP contribution in [-0.4, -0.2) is 60.5 Å². The Kier molecular flexibility index (Phi) is 4.88. The highest BCUT2D eigenvalue weighted by Gasteiger charge is 2.36. The first kappa shape index (κ1) is 19.3. The summed E-state index contributed by atoms with van der Waals surface area (Å²) in [5.41, 5.74) is 1.03. The second-order valence-corrected chi connectivity index (χ2v) is 7.61. The van der Waals surface area contributed by atoms with Gasteiger partial charge in [-0.05, 0) is 39.3 Å². The third-order valence-corrected chi connectivity index (χ3v) is 5.72. The number of nitrogens with zero attached hydrogens (tertiary/aromatic N) is 2. The van der Waals surface area contributed by atoms with Gasteiger partial charge < -0.3 is 15.0 Å². The van der Waals surface area contributed by atoms with Crippen molar-refractivity contribution in [3.05, 3.63) is 65.9 Å². The molecule has 2 aliphatic rings. The van der Waals surface area contributed by atoms with Crippen LogP contribution < -0.4 is 5.32 Å². The average molecular weight is 415 g/mol. The lowest BCUT2D eigenvalue weighted by Crippen LogP contribution is -2.47. The van der Waals surface area contributed by atoms with Gasteiger partial charge in [0.25, 0.3) is 5.91 Å². The maximum absolute atomic E-state index is 13.0. The van der Waals surface area contributed by atoms with Gasteiger partial charge in [0.1, 0.15) is 12.2 Å². The number of morpholine rings is 1. The lowest BCUT2D eigenvalue weighted by atomic mass is 9.96. The molecular weight excluding hydrogens is 394 g/mol. The van der Waals surface area contributed by atoms with Gasteiger partial charge in [0.05, 0.1) is 13.2 Å². The minimum atomic E-state index is -0.581. The first-order valence-corrected chi connectivity index (χ1v) is 10.2. The minimum Gasteiger partial charge on any atom is -0.378 e. The van der Waals surface area contributed by atoms with Crippen molar-refractivity contribution >= 4 is 45.5 Å². The number of carbonyl (C=O) groups is 3. The number of urea groups is 1. The van der Waals surface area contributed by atoms with Crippen molar-refractivity contribution in [3.8, 4) is 0 Å². The highest BCUT2D eigenvalue weighted by Crippen LogP contribution is 2.30. The van der Waals surface area contributed by atoms with Gasteiger partial charge in [-0.3, -0.25) is 9.59 Å². The lowest BCUT2D eigenvalue weighted by Gasteiger charge is -2.27. The summed E-state index contributed by atoms with van der Waals surface area (Å²) >= 11 is 0. The van der Waals surface area contributed by atoms with E-state index in [1.165, 1.54) is 0 Å². The fourth-order valence-electron chi connectivity index (χ4n) is 4.11. The molecule has 0 bridgehead atoms. The van der Waals surface area contributed by atoms with Crippen molar-refractivity contribution in [3.63, 3.8) is 0 Å². The van der Waals surface area contributed by atoms with E-state index in [9.17, 15) is 14.4 Å². The molecule has 0 aromatic heterocycles. The first-order chi connectivity index (χ1) is 15.1. The highest BCUT2D eigenvalue weighted by molar-refractivity contribution is 6.17. The van der Waals surface area contributed by atoms with Gasteiger partial charge in [-0.25, -0.2) is 9.69 Å². The van der Waals surface area contributed by atoms with Crippen molar-refractivity contribution in [1.29, 1.82) is 0 Å². The summed E-state index contributed by atoms with van der Waals surface area (Å²) in [6.07, 6.45) is 1.71. The van der Waals surface area contributed by atoms with Crippen LogP contribution in [0.15, 0.2) is 60.3 Å². The number of hydrogen-bond acceptors (Lipinski definition) is 4. The Morgan fingerprint density at radius 1 is 0.968 bits per heavy atom. The number of benzene rings is 3. The molecule has 2 saturated heterocycles. The molecule has 5 rings (SSSR count). The monoisotopic (exact) mass is 415 g/mol. The molecule has 2 aliphatic heterocycles. The standard InChI is InChI=1S/C24H21N3O4/c28-22(26-9-11-31-12-10-26)15-27-23(29)21(25-24(27)30)14-20-18-7-3-1-5-16(18)13-17-6-2-4-8-19(17)20/h1-8,13-14H,9-12,15H2,(H,25,30)/b21-14-. The van der Waals surface area contributed by atoms with Crippen molar-refractivity contribution in [2.45, 2.75) is 0 Å². The average Bonchev–Trinajstić information content (AvgIpc) is 3.06. The second kappa shape index (κ2) is 7.85. The Balaban J connectivity index is 1.50. The third-order valence-electron chi connectivity index (χ3n) is 5.72. The maximum Gasteiger partial charge on any atom is 0.329 e. The number of carbonyl (C=O) groups excluding carboxylic acids is 3. The molecule has 7 nitrogen and oxygen atoms in total. The smallest absolute Gasteiger partial charge is 0.329 e. The molecule has 0 spiro atoms. The quantitative estimate of drug-likeness (QED) is 0.405. The molecule has 0 saturated carbocycles. The molecule has 0 unspecified atom stereocenters. The molecule has 4 amide bonds. The van der Waals surface area contributed by atoms with Gasteiger partial charge in [0, 0.05) is 13.1 Å². The van der Waals surface area contributed by atoms with Crippen LogP contribution in [0, 0.1) is 0 Å². The number of rotatable bonds is 3. The fourth-order valence-corrected chi connectivity index (χ4v) is 4.11. The Hall–Kier alpha value is -3.71. The van der Waals surface area contributed by atoms with Crippen molar-refractivity contribution in [2.75, 3.05) is 32.8 Å². The van der Waals surface area contributed by atoms with Crippen molar-refractivity contribution < 1.29 is 19.1 Å². The topological polar surface area (TPSA) is 79.0 Å². The summed E-state index contributed by atoms with van der Waals surface area (Å²) in [6, 6.07) is 17.4. The molecule has 0 atom stereocenters. The Bertz CT molecular complexity index is 1190. The summed E-state index contributed by atoms with van der Waals surface area (Å²) in [5.74, 6) is -0.757. The number of hydrogen-bond donors (Lipinski definition) is 1. The van der Waals surface area contributed by atoms with Gasteiger partial charge in [-0.1, -0.05) is 48.5 Å². The van der Waals surface area contributed by atoms with Crippen LogP contribution >= 0.6 is 0 Å². The van der Waals surface area contributed by atoms with E-state index in [0.29, 0.717) is 26.3 Å². The van der Waals surface area contributed by atoms with Crippen LogP contribution in [0.2, 0.25) is 0 Å². The van der Waals surface area contributed by atoms with Crippen molar-refractivity contribution in [2.24, 2.45) is 0 Å². The zero-order chi connectivity index (χ0) is 21.4. The van der Waals surface area contributed by atoms with Crippen molar-refractivity contribution in [1.82, 2.24) is 15.1 Å². The number of fused-ring (bicyclic) bond motifs is 2. The number of imide groups is 1. The van der Waals surface area contributed by atoms with E-state index in [0.717, 1.165) is 32.0 Å². The summed E-state index contributed by atoms with van der Waals surface area (Å²) in [7, 11) is 0. The van der Waals surface area contributed by atoms with E-state index in [-0.39, 0.29) is 18.1 Å². The number of amides is 4.